The molecule has 1 aliphatic heterocycles. The van der Waals surface area contributed by atoms with Crippen LogP contribution in [-0.2, 0) is 9.59 Å². The largest absolute Gasteiger partial charge is 0.359 e. The molecule has 4 nitrogen and oxygen atoms in total. The van der Waals surface area contributed by atoms with Crippen molar-refractivity contribution >= 4 is 11.8 Å². The molecule has 128 valence electrons. The number of rotatable bonds is 4. The highest BCUT2D eigenvalue weighted by Crippen LogP contribution is 2.61. The van der Waals surface area contributed by atoms with Crippen LogP contribution in [0, 0.1) is 29.1 Å². The van der Waals surface area contributed by atoms with E-state index < -0.39 is 0 Å². The summed E-state index contributed by atoms with van der Waals surface area (Å²) >= 11 is 0. The van der Waals surface area contributed by atoms with Gasteiger partial charge < -0.3 is 10.2 Å². The highest BCUT2D eigenvalue weighted by Gasteiger charge is 2.51. The van der Waals surface area contributed by atoms with Crippen molar-refractivity contribution in [2.75, 3.05) is 20.1 Å². The average molecular weight is 318 g/mol. The Bertz CT molecular complexity index is 466. The Labute approximate surface area is 139 Å². The van der Waals surface area contributed by atoms with E-state index in [0.717, 1.165) is 43.7 Å². The first kappa shape index (κ1) is 15.5. The molecule has 5 rings (SSSR count). The maximum Gasteiger partial charge on any atom is 0.223 e. The summed E-state index contributed by atoms with van der Waals surface area (Å²) in [6.07, 6.45) is 10.6. The van der Waals surface area contributed by atoms with Crippen LogP contribution in [0.1, 0.15) is 57.8 Å². The lowest BCUT2D eigenvalue weighted by Gasteiger charge is -2.56. The molecule has 1 unspecified atom stereocenters. The Morgan fingerprint density at radius 1 is 1.09 bits per heavy atom. The van der Waals surface area contributed by atoms with Crippen molar-refractivity contribution < 1.29 is 9.59 Å². The van der Waals surface area contributed by atoms with E-state index in [2.05, 4.69) is 5.32 Å². The molecule has 5 aliphatic rings. The van der Waals surface area contributed by atoms with E-state index in [1.807, 2.05) is 4.90 Å². The maximum atomic E-state index is 12.9. The first-order valence-corrected chi connectivity index (χ1v) is 9.53. The fourth-order valence-corrected chi connectivity index (χ4v) is 6.53. The molecule has 4 heteroatoms. The van der Waals surface area contributed by atoms with Crippen molar-refractivity contribution in [2.45, 2.75) is 57.8 Å². The third-order valence-electron chi connectivity index (χ3n) is 7.08. The average Bonchev–Trinajstić information content (AvgIpc) is 2.93. The van der Waals surface area contributed by atoms with Crippen LogP contribution in [-0.4, -0.2) is 36.9 Å². The zero-order valence-electron chi connectivity index (χ0n) is 14.4. The molecule has 0 radical (unpaired) electrons. The van der Waals surface area contributed by atoms with Gasteiger partial charge in [-0.05, 0) is 74.0 Å². The molecule has 4 saturated carbocycles. The lowest BCUT2D eigenvalue weighted by atomic mass is 9.49. The molecule has 1 N–H and O–H groups in total. The molecule has 1 heterocycles. The van der Waals surface area contributed by atoms with Gasteiger partial charge in [0.1, 0.15) is 0 Å². The molecule has 4 aliphatic carbocycles. The van der Waals surface area contributed by atoms with Gasteiger partial charge in [-0.2, -0.15) is 0 Å². The van der Waals surface area contributed by atoms with Gasteiger partial charge in [-0.25, -0.2) is 0 Å². The number of hydrogen-bond acceptors (Lipinski definition) is 2. The van der Waals surface area contributed by atoms with Crippen LogP contribution in [0.3, 0.4) is 0 Å². The van der Waals surface area contributed by atoms with Gasteiger partial charge in [0.15, 0.2) is 0 Å². The van der Waals surface area contributed by atoms with Gasteiger partial charge in [0.05, 0.1) is 0 Å². The predicted octanol–water partition coefficient (Wildman–Crippen LogP) is 2.58. The Kier molecular flexibility index (Phi) is 3.89. The van der Waals surface area contributed by atoms with Crippen LogP contribution in [0.5, 0.6) is 0 Å². The topological polar surface area (TPSA) is 49.4 Å². The summed E-state index contributed by atoms with van der Waals surface area (Å²) in [5.74, 6) is 3.56. The zero-order valence-corrected chi connectivity index (χ0v) is 14.4. The van der Waals surface area contributed by atoms with Gasteiger partial charge in [0.2, 0.25) is 11.8 Å². The third-order valence-corrected chi connectivity index (χ3v) is 7.08. The molecule has 4 bridgehead atoms. The number of amides is 2. The quantitative estimate of drug-likeness (QED) is 0.866. The molecule has 1 atom stereocenters. The van der Waals surface area contributed by atoms with E-state index in [-0.39, 0.29) is 5.91 Å². The van der Waals surface area contributed by atoms with Crippen LogP contribution < -0.4 is 5.32 Å². The summed E-state index contributed by atoms with van der Waals surface area (Å²) in [4.78, 5) is 26.4. The SMILES string of the molecule is CNC(=O)CC1CCN(C(=O)CC23CC4CC(CC(C4)C2)C3)C1. The second-order valence-corrected chi connectivity index (χ2v) is 8.97. The normalized spacial score (nSPS) is 41.3. The fourth-order valence-electron chi connectivity index (χ4n) is 6.53. The molecule has 2 amide bonds. The van der Waals surface area contributed by atoms with Crippen molar-refractivity contribution in [3.8, 4) is 0 Å². The van der Waals surface area contributed by atoms with Crippen LogP contribution in [0.4, 0.5) is 0 Å². The standard InChI is InChI=1S/C19H30N2O2/c1-20-17(22)7-13-2-3-21(12-13)18(23)11-19-8-14-4-15(9-19)6-16(5-14)10-19/h13-16H,2-12H2,1H3,(H,20,22). The minimum Gasteiger partial charge on any atom is -0.359 e. The summed E-state index contributed by atoms with van der Waals surface area (Å²) in [5, 5.41) is 2.70. The summed E-state index contributed by atoms with van der Waals surface area (Å²) < 4.78 is 0. The zero-order chi connectivity index (χ0) is 16.0. The number of nitrogens with zero attached hydrogens (tertiary/aromatic N) is 1. The molecular weight excluding hydrogens is 288 g/mol. The fraction of sp³-hybridized carbons (Fsp3) is 0.895. The van der Waals surface area contributed by atoms with Gasteiger partial charge in [-0.15, -0.1) is 0 Å². The number of nitrogens with one attached hydrogen (secondary N) is 1. The van der Waals surface area contributed by atoms with Gasteiger partial charge in [0, 0.05) is 33.0 Å². The molecule has 0 aromatic carbocycles. The van der Waals surface area contributed by atoms with Crippen LogP contribution in [0.25, 0.3) is 0 Å². The Hall–Kier alpha value is -1.06. The third kappa shape index (κ3) is 3.01. The van der Waals surface area contributed by atoms with Crippen molar-refractivity contribution in [3.63, 3.8) is 0 Å². The van der Waals surface area contributed by atoms with Gasteiger partial charge >= 0.3 is 0 Å². The minimum atomic E-state index is 0.102. The van der Waals surface area contributed by atoms with Gasteiger partial charge in [-0.3, -0.25) is 9.59 Å². The van der Waals surface area contributed by atoms with Crippen molar-refractivity contribution in [1.29, 1.82) is 0 Å². The van der Waals surface area contributed by atoms with E-state index >= 15 is 0 Å². The number of hydrogen-bond donors (Lipinski definition) is 1. The van der Waals surface area contributed by atoms with Gasteiger partial charge in [0.25, 0.3) is 0 Å². The first-order valence-electron chi connectivity index (χ1n) is 9.53. The summed E-state index contributed by atoms with van der Waals surface area (Å²) in [6.45, 7) is 1.64. The lowest BCUT2D eigenvalue weighted by molar-refractivity contribution is -0.138. The number of carbonyl (C=O) groups excluding carboxylic acids is 2. The van der Waals surface area contributed by atoms with Gasteiger partial charge in [-0.1, -0.05) is 0 Å². The number of likely N-dealkylation sites (tertiary alicyclic amines) is 1. The van der Waals surface area contributed by atoms with Crippen molar-refractivity contribution in [2.24, 2.45) is 29.1 Å². The van der Waals surface area contributed by atoms with Crippen molar-refractivity contribution in [3.05, 3.63) is 0 Å². The summed E-state index contributed by atoms with van der Waals surface area (Å²) in [7, 11) is 1.69. The lowest BCUT2D eigenvalue weighted by Crippen LogP contribution is -2.48. The molecule has 1 saturated heterocycles. The Balaban J connectivity index is 1.35. The van der Waals surface area contributed by atoms with Crippen LogP contribution >= 0.6 is 0 Å². The highest BCUT2D eigenvalue weighted by atomic mass is 16.2. The monoisotopic (exact) mass is 318 g/mol. The van der Waals surface area contributed by atoms with E-state index in [0.29, 0.717) is 23.7 Å². The smallest absolute Gasteiger partial charge is 0.223 e. The molecule has 0 spiro atoms. The second-order valence-electron chi connectivity index (χ2n) is 8.97. The summed E-state index contributed by atoms with van der Waals surface area (Å²) in [5.41, 5.74) is 0.338. The Morgan fingerprint density at radius 2 is 1.70 bits per heavy atom. The van der Waals surface area contributed by atoms with E-state index in [4.69, 9.17) is 0 Å². The second kappa shape index (κ2) is 5.78. The molecule has 0 aromatic heterocycles. The predicted molar refractivity (Wildman–Crippen MR) is 88.6 cm³/mol. The molecule has 23 heavy (non-hydrogen) atoms. The molecule has 5 fully saturated rings. The van der Waals surface area contributed by atoms with Crippen LogP contribution in [0.15, 0.2) is 0 Å². The minimum absolute atomic E-state index is 0.102. The maximum absolute atomic E-state index is 12.9. The molecular formula is C19H30N2O2. The van der Waals surface area contributed by atoms with E-state index in [1.54, 1.807) is 7.05 Å². The summed E-state index contributed by atoms with van der Waals surface area (Å²) in [6, 6.07) is 0. The van der Waals surface area contributed by atoms with Crippen LogP contribution in [0.2, 0.25) is 0 Å². The van der Waals surface area contributed by atoms with E-state index in [1.165, 1.54) is 38.5 Å². The van der Waals surface area contributed by atoms with Crippen molar-refractivity contribution in [1.82, 2.24) is 10.2 Å². The molecule has 0 aromatic rings. The van der Waals surface area contributed by atoms with E-state index in [9.17, 15) is 9.59 Å². The first-order chi connectivity index (χ1) is 11.0. The Morgan fingerprint density at radius 3 is 2.26 bits per heavy atom. The number of carbonyl (C=O) groups is 2. The highest BCUT2D eigenvalue weighted by molar-refractivity contribution is 5.78.